The van der Waals surface area contributed by atoms with Crippen molar-refractivity contribution in [1.29, 1.82) is 5.26 Å². The number of anilines is 1. The molecule has 0 amide bonds. The summed E-state index contributed by atoms with van der Waals surface area (Å²) in [5.41, 5.74) is 0.869. The first-order valence-electron chi connectivity index (χ1n) is 5.15. The summed E-state index contributed by atoms with van der Waals surface area (Å²) in [4.78, 5) is 0. The lowest BCUT2D eigenvalue weighted by molar-refractivity contribution is 0.226. The topological polar surface area (TPSA) is 56.0 Å². The smallest absolute Gasteiger partial charge is 0.124 e. The standard InChI is InChI=1S/C12H15FN2O/c1-8(7-16)9(2)15-12-4-3-11(13)5-10(12)6-14/h3-5,8-9,15-16H,7H2,1-2H3. The fourth-order valence-electron chi connectivity index (χ4n) is 1.28. The molecule has 3 nitrogen and oxygen atoms in total. The van der Waals surface area contributed by atoms with Crippen LogP contribution in [-0.4, -0.2) is 17.8 Å². The van der Waals surface area contributed by atoms with Crippen LogP contribution in [0.4, 0.5) is 10.1 Å². The maximum absolute atomic E-state index is 12.9. The minimum atomic E-state index is -0.426. The molecule has 1 rings (SSSR count). The number of hydrogen-bond donors (Lipinski definition) is 2. The Morgan fingerprint density at radius 3 is 2.75 bits per heavy atom. The quantitative estimate of drug-likeness (QED) is 0.820. The van der Waals surface area contributed by atoms with E-state index < -0.39 is 5.82 Å². The van der Waals surface area contributed by atoms with E-state index in [-0.39, 0.29) is 24.1 Å². The van der Waals surface area contributed by atoms with Gasteiger partial charge in [0.2, 0.25) is 0 Å². The third kappa shape index (κ3) is 2.94. The molecule has 0 saturated heterocycles. The molecular weight excluding hydrogens is 207 g/mol. The van der Waals surface area contributed by atoms with Crippen LogP contribution >= 0.6 is 0 Å². The summed E-state index contributed by atoms with van der Waals surface area (Å²) >= 11 is 0. The van der Waals surface area contributed by atoms with Gasteiger partial charge in [-0.2, -0.15) is 5.26 Å². The number of hydrogen-bond acceptors (Lipinski definition) is 3. The third-order valence-corrected chi connectivity index (χ3v) is 2.63. The van der Waals surface area contributed by atoms with Crippen LogP contribution in [0.1, 0.15) is 19.4 Å². The summed E-state index contributed by atoms with van der Waals surface area (Å²) in [7, 11) is 0. The van der Waals surface area contributed by atoms with Crippen LogP contribution in [0.2, 0.25) is 0 Å². The summed E-state index contributed by atoms with van der Waals surface area (Å²) in [5.74, 6) is -0.360. The molecule has 0 fully saturated rings. The average molecular weight is 222 g/mol. The van der Waals surface area contributed by atoms with Gasteiger partial charge in [-0.15, -0.1) is 0 Å². The second kappa shape index (κ2) is 5.47. The molecule has 16 heavy (non-hydrogen) atoms. The number of nitrogens with zero attached hydrogens (tertiary/aromatic N) is 1. The molecule has 1 aromatic carbocycles. The number of benzene rings is 1. The highest BCUT2D eigenvalue weighted by Crippen LogP contribution is 2.18. The van der Waals surface area contributed by atoms with Gasteiger partial charge in [0, 0.05) is 12.6 Å². The molecule has 0 spiro atoms. The zero-order valence-corrected chi connectivity index (χ0v) is 9.37. The van der Waals surface area contributed by atoms with Gasteiger partial charge in [-0.1, -0.05) is 6.92 Å². The predicted molar refractivity (Wildman–Crippen MR) is 60.4 cm³/mol. The molecule has 0 aliphatic rings. The molecule has 86 valence electrons. The van der Waals surface area contributed by atoms with E-state index >= 15 is 0 Å². The van der Waals surface area contributed by atoms with E-state index in [9.17, 15) is 4.39 Å². The van der Waals surface area contributed by atoms with E-state index in [2.05, 4.69) is 5.32 Å². The van der Waals surface area contributed by atoms with Gasteiger partial charge in [0.15, 0.2) is 0 Å². The number of rotatable bonds is 4. The van der Waals surface area contributed by atoms with Crippen LogP contribution < -0.4 is 5.32 Å². The second-order valence-electron chi connectivity index (χ2n) is 3.89. The maximum Gasteiger partial charge on any atom is 0.124 e. The Morgan fingerprint density at radius 1 is 1.50 bits per heavy atom. The molecule has 0 aromatic heterocycles. The van der Waals surface area contributed by atoms with Crippen LogP contribution in [0, 0.1) is 23.1 Å². The highest BCUT2D eigenvalue weighted by molar-refractivity contribution is 5.57. The van der Waals surface area contributed by atoms with Crippen molar-refractivity contribution in [2.75, 3.05) is 11.9 Å². The molecule has 1 aromatic rings. The molecule has 0 heterocycles. The average Bonchev–Trinajstić information content (AvgIpc) is 2.30. The van der Waals surface area contributed by atoms with Crippen LogP contribution in [0.3, 0.4) is 0 Å². The maximum atomic E-state index is 12.9. The fraction of sp³-hybridized carbons (Fsp3) is 0.417. The zero-order chi connectivity index (χ0) is 12.1. The number of nitrogens with one attached hydrogen (secondary N) is 1. The Kier molecular flexibility index (Phi) is 4.27. The van der Waals surface area contributed by atoms with Crippen LogP contribution in [0.5, 0.6) is 0 Å². The normalized spacial score (nSPS) is 13.9. The second-order valence-corrected chi connectivity index (χ2v) is 3.89. The first kappa shape index (κ1) is 12.5. The Bertz CT molecular complexity index is 400. The Labute approximate surface area is 94.5 Å². The van der Waals surface area contributed by atoms with Gasteiger partial charge in [0.05, 0.1) is 11.3 Å². The van der Waals surface area contributed by atoms with Crippen molar-refractivity contribution < 1.29 is 9.50 Å². The molecule has 0 radical (unpaired) electrons. The van der Waals surface area contributed by atoms with Gasteiger partial charge < -0.3 is 10.4 Å². The number of nitriles is 1. The SMILES string of the molecule is CC(CO)C(C)Nc1ccc(F)cc1C#N. The molecule has 2 atom stereocenters. The Balaban J connectivity index is 2.85. The van der Waals surface area contributed by atoms with Gasteiger partial charge in [0.25, 0.3) is 0 Å². The van der Waals surface area contributed by atoms with Crippen molar-refractivity contribution in [2.24, 2.45) is 5.92 Å². The summed E-state index contributed by atoms with van der Waals surface area (Å²) in [6.45, 7) is 3.87. The molecule has 2 N–H and O–H groups in total. The van der Waals surface area contributed by atoms with Crippen molar-refractivity contribution in [2.45, 2.75) is 19.9 Å². The Morgan fingerprint density at radius 2 is 2.19 bits per heavy atom. The van der Waals surface area contributed by atoms with E-state index in [0.717, 1.165) is 0 Å². The molecule has 2 unspecified atom stereocenters. The molecule has 0 aliphatic carbocycles. The lowest BCUT2D eigenvalue weighted by atomic mass is 10.0. The van der Waals surface area contributed by atoms with Gasteiger partial charge in [-0.25, -0.2) is 4.39 Å². The van der Waals surface area contributed by atoms with E-state index in [1.165, 1.54) is 18.2 Å². The molecule has 0 bridgehead atoms. The van der Waals surface area contributed by atoms with Gasteiger partial charge >= 0.3 is 0 Å². The van der Waals surface area contributed by atoms with E-state index in [0.29, 0.717) is 5.69 Å². The highest BCUT2D eigenvalue weighted by Gasteiger charge is 2.12. The lowest BCUT2D eigenvalue weighted by Crippen LogP contribution is -2.26. The minimum absolute atomic E-state index is 0.0163. The van der Waals surface area contributed by atoms with Gasteiger partial charge in [0.1, 0.15) is 11.9 Å². The van der Waals surface area contributed by atoms with Gasteiger partial charge in [-0.05, 0) is 31.0 Å². The highest BCUT2D eigenvalue weighted by atomic mass is 19.1. The fourth-order valence-corrected chi connectivity index (χ4v) is 1.28. The van der Waals surface area contributed by atoms with Crippen LogP contribution in [0.25, 0.3) is 0 Å². The molecule has 0 saturated carbocycles. The predicted octanol–water partition coefficient (Wildman–Crippen LogP) is 2.13. The van der Waals surface area contributed by atoms with E-state index in [1.54, 1.807) is 0 Å². The van der Waals surface area contributed by atoms with Crippen molar-refractivity contribution in [3.8, 4) is 6.07 Å². The van der Waals surface area contributed by atoms with E-state index in [4.69, 9.17) is 10.4 Å². The summed E-state index contributed by atoms with van der Waals surface area (Å²) in [6.07, 6.45) is 0. The Hall–Kier alpha value is -1.60. The van der Waals surface area contributed by atoms with E-state index in [1.807, 2.05) is 19.9 Å². The number of aliphatic hydroxyl groups is 1. The van der Waals surface area contributed by atoms with Crippen LogP contribution in [0.15, 0.2) is 18.2 Å². The molecule has 4 heteroatoms. The molecule has 0 aliphatic heterocycles. The zero-order valence-electron chi connectivity index (χ0n) is 9.37. The van der Waals surface area contributed by atoms with Gasteiger partial charge in [-0.3, -0.25) is 0 Å². The summed E-state index contributed by atoms with van der Waals surface area (Å²) in [6, 6.07) is 5.98. The first-order valence-corrected chi connectivity index (χ1v) is 5.15. The summed E-state index contributed by atoms with van der Waals surface area (Å²) < 4.78 is 12.9. The third-order valence-electron chi connectivity index (χ3n) is 2.63. The number of halogens is 1. The van der Waals surface area contributed by atoms with Crippen molar-refractivity contribution in [1.82, 2.24) is 0 Å². The lowest BCUT2D eigenvalue weighted by Gasteiger charge is -2.21. The summed E-state index contributed by atoms with van der Waals surface area (Å²) in [5, 5.41) is 20.9. The largest absolute Gasteiger partial charge is 0.396 e. The van der Waals surface area contributed by atoms with Crippen molar-refractivity contribution in [3.63, 3.8) is 0 Å². The van der Waals surface area contributed by atoms with Crippen molar-refractivity contribution in [3.05, 3.63) is 29.6 Å². The van der Waals surface area contributed by atoms with Crippen LogP contribution in [-0.2, 0) is 0 Å². The first-order chi connectivity index (χ1) is 7.58. The molecular formula is C12H15FN2O. The minimum Gasteiger partial charge on any atom is -0.396 e. The number of aliphatic hydroxyl groups excluding tert-OH is 1. The van der Waals surface area contributed by atoms with Crippen molar-refractivity contribution >= 4 is 5.69 Å². The monoisotopic (exact) mass is 222 g/mol.